The summed E-state index contributed by atoms with van der Waals surface area (Å²) in [4.78, 5) is 39.5. The summed E-state index contributed by atoms with van der Waals surface area (Å²) >= 11 is 0. The minimum atomic E-state index is -2.42. The van der Waals surface area contributed by atoms with Gasteiger partial charge in [-0.25, -0.2) is 9.18 Å². The highest BCUT2D eigenvalue weighted by Crippen LogP contribution is 2.27. The smallest absolute Gasteiger partial charge is 0.343 e. The Morgan fingerprint density at radius 3 is 2.70 bits per heavy atom. The lowest BCUT2D eigenvalue weighted by atomic mass is 10.1. The number of aliphatic carboxylic acids is 1. The fourth-order valence-corrected chi connectivity index (χ4v) is 3.30. The second-order valence-corrected chi connectivity index (χ2v) is 6.32. The molecule has 1 atom stereocenters. The zero-order valence-electron chi connectivity index (χ0n) is 12.7. The van der Waals surface area contributed by atoms with Gasteiger partial charge in [0.05, 0.1) is 6.54 Å². The SMILES string of the molecule is O=C(c1cc2c([nH]c1=O)CCCCC2)N1CC[C@](F)(C(=O)O)C1. The van der Waals surface area contributed by atoms with Gasteiger partial charge in [-0.3, -0.25) is 9.59 Å². The van der Waals surface area contributed by atoms with Gasteiger partial charge in [0.25, 0.3) is 11.5 Å². The summed E-state index contributed by atoms with van der Waals surface area (Å²) in [5, 5.41) is 8.91. The highest BCUT2D eigenvalue weighted by molar-refractivity contribution is 5.95. The first kappa shape index (κ1) is 15.7. The van der Waals surface area contributed by atoms with E-state index in [1.54, 1.807) is 6.07 Å². The number of hydrogen-bond donors (Lipinski definition) is 2. The van der Waals surface area contributed by atoms with Crippen LogP contribution in [0.1, 0.15) is 47.3 Å². The number of carboxylic acid groups (broad SMARTS) is 1. The van der Waals surface area contributed by atoms with Crippen LogP contribution in [0.5, 0.6) is 0 Å². The van der Waals surface area contributed by atoms with Crippen LogP contribution in [0.15, 0.2) is 10.9 Å². The van der Waals surface area contributed by atoms with Crippen LogP contribution in [-0.4, -0.2) is 45.6 Å². The van der Waals surface area contributed by atoms with Crippen LogP contribution >= 0.6 is 0 Å². The van der Waals surface area contributed by atoms with Crippen molar-refractivity contribution < 1.29 is 19.1 Å². The number of aromatic nitrogens is 1. The molecule has 124 valence electrons. The second-order valence-electron chi connectivity index (χ2n) is 6.32. The number of halogens is 1. The molecule has 7 heteroatoms. The number of nitrogens with one attached hydrogen (secondary N) is 1. The summed E-state index contributed by atoms with van der Waals surface area (Å²) in [6.45, 7) is -0.518. The van der Waals surface area contributed by atoms with Gasteiger partial charge < -0.3 is 15.0 Å². The standard InChI is InChI=1S/C16H19FN2O4/c17-16(15(22)23)6-7-19(9-16)14(21)11-8-10-4-2-1-3-5-12(10)18-13(11)20/h8H,1-7,9H2,(H,18,20)(H,22,23)/t16-/m1/s1. The van der Waals surface area contributed by atoms with Gasteiger partial charge in [0.1, 0.15) is 5.56 Å². The number of aryl methyl sites for hydroxylation is 2. The molecule has 1 fully saturated rings. The summed E-state index contributed by atoms with van der Waals surface area (Å²) in [5.41, 5.74) is -1.11. The highest BCUT2D eigenvalue weighted by atomic mass is 19.1. The lowest BCUT2D eigenvalue weighted by molar-refractivity contribution is -0.149. The van der Waals surface area contributed by atoms with Crippen LogP contribution in [0.25, 0.3) is 0 Å². The number of hydrogen-bond acceptors (Lipinski definition) is 3. The van der Waals surface area contributed by atoms with E-state index in [0.29, 0.717) is 0 Å². The fourth-order valence-electron chi connectivity index (χ4n) is 3.30. The number of amides is 1. The van der Waals surface area contributed by atoms with Crippen LogP contribution in [0.2, 0.25) is 0 Å². The fraction of sp³-hybridized carbons (Fsp3) is 0.562. The molecule has 23 heavy (non-hydrogen) atoms. The molecule has 1 aromatic rings. The first-order chi connectivity index (χ1) is 10.9. The number of carboxylic acids is 1. The van der Waals surface area contributed by atoms with Gasteiger partial charge in [0, 0.05) is 18.7 Å². The van der Waals surface area contributed by atoms with Crippen LogP contribution in [0.3, 0.4) is 0 Å². The van der Waals surface area contributed by atoms with Crippen molar-refractivity contribution in [3.8, 4) is 0 Å². The van der Waals surface area contributed by atoms with E-state index < -0.39 is 29.6 Å². The van der Waals surface area contributed by atoms with Crippen molar-refractivity contribution in [2.45, 2.75) is 44.2 Å². The van der Waals surface area contributed by atoms with Crippen molar-refractivity contribution >= 4 is 11.9 Å². The Bertz CT molecular complexity index is 715. The maximum absolute atomic E-state index is 14.1. The average Bonchev–Trinajstić information content (AvgIpc) is 2.78. The quantitative estimate of drug-likeness (QED) is 0.803. The van der Waals surface area contributed by atoms with Crippen molar-refractivity contribution in [1.29, 1.82) is 0 Å². The van der Waals surface area contributed by atoms with E-state index in [1.807, 2.05) is 0 Å². The Labute approximate surface area is 132 Å². The summed E-state index contributed by atoms with van der Waals surface area (Å²) in [6.07, 6.45) is 4.42. The Balaban J connectivity index is 1.87. The Hall–Kier alpha value is -2.18. The number of carbonyl (C=O) groups is 2. The molecule has 1 aromatic heterocycles. The average molecular weight is 322 g/mol. The molecule has 1 amide bonds. The monoisotopic (exact) mass is 322 g/mol. The minimum absolute atomic E-state index is 0.00183. The molecule has 3 rings (SSSR count). The number of nitrogens with zero attached hydrogens (tertiary/aromatic N) is 1. The third kappa shape index (κ3) is 2.87. The maximum Gasteiger partial charge on any atom is 0.343 e. The molecular formula is C16H19FN2O4. The first-order valence-corrected chi connectivity index (χ1v) is 7.87. The largest absolute Gasteiger partial charge is 0.479 e. The molecule has 1 aliphatic carbocycles. The van der Waals surface area contributed by atoms with Gasteiger partial charge in [0.2, 0.25) is 5.67 Å². The molecule has 1 aliphatic heterocycles. The van der Waals surface area contributed by atoms with Gasteiger partial charge in [-0.1, -0.05) is 6.42 Å². The predicted molar refractivity (Wildman–Crippen MR) is 80.3 cm³/mol. The van der Waals surface area contributed by atoms with E-state index in [4.69, 9.17) is 5.11 Å². The van der Waals surface area contributed by atoms with Crippen LogP contribution < -0.4 is 5.56 Å². The third-order valence-corrected chi connectivity index (χ3v) is 4.71. The summed E-state index contributed by atoms with van der Waals surface area (Å²) in [7, 11) is 0. The van der Waals surface area contributed by atoms with Gasteiger partial charge in [-0.05, 0) is 37.3 Å². The summed E-state index contributed by atoms with van der Waals surface area (Å²) in [5.74, 6) is -2.16. The number of rotatable bonds is 2. The molecule has 0 spiro atoms. The first-order valence-electron chi connectivity index (χ1n) is 7.87. The molecule has 0 unspecified atom stereocenters. The van der Waals surface area contributed by atoms with Gasteiger partial charge in [-0.2, -0.15) is 0 Å². The molecular weight excluding hydrogens is 303 g/mol. The number of likely N-dealkylation sites (tertiary alicyclic amines) is 1. The van der Waals surface area contributed by atoms with Crippen LogP contribution in [0, 0.1) is 0 Å². The van der Waals surface area contributed by atoms with E-state index in [0.717, 1.165) is 48.3 Å². The molecule has 0 aromatic carbocycles. The van der Waals surface area contributed by atoms with Crippen molar-refractivity contribution in [1.82, 2.24) is 9.88 Å². The van der Waals surface area contributed by atoms with E-state index in [1.165, 1.54) is 0 Å². The summed E-state index contributed by atoms with van der Waals surface area (Å²) < 4.78 is 14.1. The van der Waals surface area contributed by atoms with Gasteiger partial charge in [0.15, 0.2) is 0 Å². The minimum Gasteiger partial charge on any atom is -0.479 e. The van der Waals surface area contributed by atoms with Crippen LogP contribution in [-0.2, 0) is 17.6 Å². The molecule has 2 N–H and O–H groups in total. The second kappa shape index (κ2) is 5.79. The predicted octanol–water partition coefficient (Wildman–Crippen LogP) is 1.28. The Morgan fingerprint density at radius 1 is 1.26 bits per heavy atom. The van der Waals surface area contributed by atoms with Crippen molar-refractivity contribution in [2.24, 2.45) is 0 Å². The van der Waals surface area contributed by atoms with E-state index >= 15 is 0 Å². The number of pyridine rings is 1. The number of alkyl halides is 1. The molecule has 2 heterocycles. The maximum atomic E-state index is 14.1. The number of carbonyl (C=O) groups excluding carboxylic acids is 1. The lowest BCUT2D eigenvalue weighted by Crippen LogP contribution is -2.40. The number of fused-ring (bicyclic) bond motifs is 1. The Morgan fingerprint density at radius 2 is 2.00 bits per heavy atom. The Kier molecular flexibility index (Phi) is 3.95. The van der Waals surface area contributed by atoms with Crippen molar-refractivity contribution in [2.75, 3.05) is 13.1 Å². The highest BCUT2D eigenvalue weighted by Gasteiger charge is 2.47. The van der Waals surface area contributed by atoms with E-state index in [-0.39, 0.29) is 18.5 Å². The zero-order chi connectivity index (χ0) is 16.6. The zero-order valence-corrected chi connectivity index (χ0v) is 12.7. The molecule has 0 bridgehead atoms. The van der Waals surface area contributed by atoms with E-state index in [2.05, 4.69) is 4.98 Å². The normalized spacial score (nSPS) is 24.1. The van der Waals surface area contributed by atoms with Crippen LogP contribution in [0.4, 0.5) is 4.39 Å². The molecule has 6 nitrogen and oxygen atoms in total. The molecule has 0 radical (unpaired) electrons. The number of H-pyrrole nitrogens is 1. The van der Waals surface area contributed by atoms with Gasteiger partial charge in [-0.15, -0.1) is 0 Å². The summed E-state index contributed by atoms with van der Waals surface area (Å²) in [6, 6.07) is 1.60. The van der Waals surface area contributed by atoms with Crippen molar-refractivity contribution in [3.63, 3.8) is 0 Å². The van der Waals surface area contributed by atoms with E-state index in [9.17, 15) is 18.8 Å². The lowest BCUT2D eigenvalue weighted by Gasteiger charge is -2.18. The number of aromatic amines is 1. The molecule has 2 aliphatic rings. The van der Waals surface area contributed by atoms with Crippen molar-refractivity contribution in [3.05, 3.63) is 33.2 Å². The third-order valence-electron chi connectivity index (χ3n) is 4.71. The van der Waals surface area contributed by atoms with Gasteiger partial charge >= 0.3 is 5.97 Å². The topological polar surface area (TPSA) is 90.5 Å². The molecule has 1 saturated heterocycles. The molecule has 0 saturated carbocycles.